The lowest BCUT2D eigenvalue weighted by molar-refractivity contribution is -0.143. The van der Waals surface area contributed by atoms with Crippen LogP contribution in [0.5, 0.6) is 5.75 Å². The smallest absolute Gasteiger partial charge is 0.408 e. The molecule has 0 aliphatic heterocycles. The van der Waals surface area contributed by atoms with Crippen LogP contribution in [-0.4, -0.2) is 63.9 Å². The Bertz CT molecular complexity index is 914. The van der Waals surface area contributed by atoms with Gasteiger partial charge in [0.05, 0.1) is 6.61 Å². The van der Waals surface area contributed by atoms with Crippen molar-refractivity contribution < 1.29 is 29.3 Å². The number of nitrogens with zero attached hydrogens (tertiary/aromatic N) is 1. The summed E-state index contributed by atoms with van der Waals surface area (Å²) in [6.07, 6.45) is 6.74. The minimum absolute atomic E-state index is 0.0888. The molecule has 39 heavy (non-hydrogen) atoms. The van der Waals surface area contributed by atoms with Gasteiger partial charge in [-0.15, -0.1) is 0 Å². The van der Waals surface area contributed by atoms with Crippen molar-refractivity contribution in [3.05, 3.63) is 29.3 Å². The van der Waals surface area contributed by atoms with Crippen LogP contribution in [-0.2, 0) is 14.3 Å². The van der Waals surface area contributed by atoms with Gasteiger partial charge in [-0.3, -0.25) is 9.59 Å². The summed E-state index contributed by atoms with van der Waals surface area (Å²) in [6, 6.07) is 2.43. The van der Waals surface area contributed by atoms with Gasteiger partial charge < -0.3 is 30.5 Å². The van der Waals surface area contributed by atoms with E-state index in [1.807, 2.05) is 13.8 Å². The van der Waals surface area contributed by atoms with Gasteiger partial charge in [0.1, 0.15) is 23.4 Å². The predicted molar refractivity (Wildman–Crippen MR) is 153 cm³/mol. The van der Waals surface area contributed by atoms with Crippen molar-refractivity contribution in [2.75, 3.05) is 13.2 Å². The third-order valence-corrected chi connectivity index (χ3v) is 6.41. The highest BCUT2D eigenvalue weighted by Gasteiger charge is 2.36. The van der Waals surface area contributed by atoms with Gasteiger partial charge in [0.25, 0.3) is 0 Å². The molecule has 3 unspecified atom stereocenters. The number of benzene rings is 1. The monoisotopic (exact) mass is 549 g/mol. The quantitative estimate of drug-likeness (QED) is 0.212. The molecular weight excluding hydrogens is 498 g/mol. The van der Waals surface area contributed by atoms with Crippen LogP contribution in [0.15, 0.2) is 18.2 Å². The van der Waals surface area contributed by atoms with E-state index in [1.54, 1.807) is 39.8 Å². The zero-order chi connectivity index (χ0) is 29.6. The van der Waals surface area contributed by atoms with E-state index in [-0.39, 0.29) is 24.2 Å². The second kappa shape index (κ2) is 17.0. The number of unbranched alkanes of at least 4 members (excludes halogenated alkanes) is 5. The van der Waals surface area contributed by atoms with Gasteiger partial charge in [-0.2, -0.15) is 0 Å². The number of ether oxygens (including phenoxy) is 1. The molecule has 1 rings (SSSR count). The first-order valence-electron chi connectivity index (χ1n) is 14.3. The fraction of sp³-hybridized carbons (Fsp3) is 0.700. The van der Waals surface area contributed by atoms with Gasteiger partial charge in [0.2, 0.25) is 11.8 Å². The average Bonchev–Trinajstić information content (AvgIpc) is 2.84. The Morgan fingerprint density at radius 2 is 1.64 bits per heavy atom. The second-order valence-corrected chi connectivity index (χ2v) is 11.3. The van der Waals surface area contributed by atoms with Crippen LogP contribution in [0.1, 0.15) is 110 Å². The topological polar surface area (TPSA) is 128 Å². The number of aromatic hydroxyl groups is 1. The number of phenols is 1. The van der Waals surface area contributed by atoms with E-state index in [2.05, 4.69) is 17.6 Å². The maximum atomic E-state index is 13.9. The van der Waals surface area contributed by atoms with E-state index < -0.39 is 36.3 Å². The minimum Gasteiger partial charge on any atom is -0.508 e. The summed E-state index contributed by atoms with van der Waals surface area (Å²) in [5.41, 5.74) is 0.330. The van der Waals surface area contributed by atoms with Crippen LogP contribution in [0.4, 0.5) is 4.79 Å². The number of aliphatic hydroxyl groups excluding tert-OH is 1. The van der Waals surface area contributed by atoms with E-state index in [0.29, 0.717) is 17.5 Å². The number of hydrogen-bond donors (Lipinski definition) is 4. The third-order valence-electron chi connectivity index (χ3n) is 6.41. The van der Waals surface area contributed by atoms with E-state index in [9.17, 15) is 24.6 Å². The molecule has 4 N–H and O–H groups in total. The molecule has 0 aromatic heterocycles. The molecular formula is C30H51N3O6. The minimum atomic E-state index is -1.29. The normalized spacial score (nSPS) is 13.7. The number of aryl methyl sites for hydroxylation is 1. The molecule has 3 amide bonds. The fourth-order valence-electron chi connectivity index (χ4n) is 4.41. The molecule has 1 aromatic rings. The van der Waals surface area contributed by atoms with E-state index in [4.69, 9.17) is 4.74 Å². The molecule has 9 heteroatoms. The summed E-state index contributed by atoms with van der Waals surface area (Å²) in [6.45, 7) is 12.6. The first-order chi connectivity index (χ1) is 18.3. The van der Waals surface area contributed by atoms with Gasteiger partial charge in [-0.1, -0.05) is 58.4 Å². The molecule has 0 aliphatic rings. The number of aliphatic hydroxyl groups is 1. The molecule has 0 spiro atoms. The molecule has 0 saturated heterocycles. The van der Waals surface area contributed by atoms with Crippen LogP contribution in [0.3, 0.4) is 0 Å². The molecule has 0 heterocycles. The van der Waals surface area contributed by atoms with Crippen molar-refractivity contribution in [1.82, 2.24) is 15.5 Å². The number of alkyl carbamates (subject to hydrolysis) is 1. The first-order valence-corrected chi connectivity index (χ1v) is 14.3. The molecule has 9 nitrogen and oxygen atoms in total. The number of phenolic OH excluding ortho intramolecular Hbond substituents is 1. The van der Waals surface area contributed by atoms with E-state index >= 15 is 0 Å². The summed E-state index contributed by atoms with van der Waals surface area (Å²) in [5.74, 6) is -0.842. The summed E-state index contributed by atoms with van der Waals surface area (Å²) < 4.78 is 5.30. The van der Waals surface area contributed by atoms with Crippen LogP contribution in [0, 0.1) is 6.92 Å². The Hall–Kier alpha value is -2.81. The van der Waals surface area contributed by atoms with Crippen molar-refractivity contribution in [1.29, 1.82) is 0 Å². The highest BCUT2D eigenvalue weighted by atomic mass is 16.6. The largest absolute Gasteiger partial charge is 0.508 e. The molecule has 0 bridgehead atoms. The second-order valence-electron chi connectivity index (χ2n) is 11.3. The SMILES string of the molecule is CCCCCCCCN(C(=O)C(CO)NC(=O)OC(C)(C)C)C(C(=O)NC(C)CCC)c1ccc(O)c(C)c1. The Morgan fingerprint density at radius 1 is 1.00 bits per heavy atom. The summed E-state index contributed by atoms with van der Waals surface area (Å²) in [7, 11) is 0. The summed E-state index contributed by atoms with van der Waals surface area (Å²) in [4.78, 5) is 41.5. The van der Waals surface area contributed by atoms with Crippen LogP contribution < -0.4 is 10.6 Å². The van der Waals surface area contributed by atoms with Crippen LogP contribution in [0.25, 0.3) is 0 Å². The standard InChI is InChI=1S/C30H51N3O6/c1-8-10-11-12-13-14-18-33(28(37)24(20-34)32-29(38)39-30(5,6)7)26(27(36)31-22(4)15-9-2)23-16-17-25(35)21(3)19-23/h16-17,19,22,24,26,34-35H,8-15,18,20H2,1-7H3,(H,31,36)(H,32,38). The van der Waals surface area contributed by atoms with Gasteiger partial charge in [-0.25, -0.2) is 4.79 Å². The maximum absolute atomic E-state index is 13.9. The molecule has 3 atom stereocenters. The van der Waals surface area contributed by atoms with E-state index in [0.717, 1.165) is 44.9 Å². The van der Waals surface area contributed by atoms with Crippen molar-refractivity contribution in [2.45, 2.75) is 124 Å². The van der Waals surface area contributed by atoms with Crippen LogP contribution >= 0.6 is 0 Å². The highest BCUT2D eigenvalue weighted by Crippen LogP contribution is 2.28. The Labute approximate surface area is 234 Å². The lowest BCUT2D eigenvalue weighted by Gasteiger charge is -2.35. The lowest BCUT2D eigenvalue weighted by Crippen LogP contribution is -2.55. The third kappa shape index (κ3) is 12.3. The highest BCUT2D eigenvalue weighted by molar-refractivity contribution is 5.92. The van der Waals surface area contributed by atoms with Crippen molar-refractivity contribution in [3.63, 3.8) is 0 Å². The van der Waals surface area contributed by atoms with Crippen molar-refractivity contribution >= 4 is 17.9 Å². The summed E-state index contributed by atoms with van der Waals surface area (Å²) in [5, 5.41) is 25.7. The molecule has 0 aliphatic carbocycles. The first kappa shape index (κ1) is 34.2. The number of amides is 3. The summed E-state index contributed by atoms with van der Waals surface area (Å²) >= 11 is 0. The zero-order valence-corrected chi connectivity index (χ0v) is 25.0. The number of carbonyl (C=O) groups excluding carboxylic acids is 3. The fourth-order valence-corrected chi connectivity index (χ4v) is 4.41. The number of carbonyl (C=O) groups is 3. The Morgan fingerprint density at radius 3 is 2.21 bits per heavy atom. The molecule has 0 fully saturated rings. The number of rotatable bonds is 16. The average molecular weight is 550 g/mol. The van der Waals surface area contributed by atoms with Gasteiger partial charge in [0, 0.05) is 12.6 Å². The van der Waals surface area contributed by atoms with Gasteiger partial charge >= 0.3 is 6.09 Å². The zero-order valence-electron chi connectivity index (χ0n) is 25.0. The molecule has 0 saturated carbocycles. The Balaban J connectivity index is 3.41. The van der Waals surface area contributed by atoms with Crippen LogP contribution in [0.2, 0.25) is 0 Å². The van der Waals surface area contributed by atoms with Gasteiger partial charge in [-0.05, 0) is 70.7 Å². The predicted octanol–water partition coefficient (Wildman–Crippen LogP) is 5.12. The molecule has 0 radical (unpaired) electrons. The molecule has 1 aromatic carbocycles. The van der Waals surface area contributed by atoms with Gasteiger partial charge in [0.15, 0.2) is 0 Å². The van der Waals surface area contributed by atoms with Crippen molar-refractivity contribution in [3.8, 4) is 5.75 Å². The van der Waals surface area contributed by atoms with Crippen molar-refractivity contribution in [2.24, 2.45) is 0 Å². The van der Waals surface area contributed by atoms with E-state index in [1.165, 1.54) is 11.0 Å². The maximum Gasteiger partial charge on any atom is 0.408 e. The Kier molecular flexibility index (Phi) is 14.9. The molecule has 222 valence electrons. The lowest BCUT2D eigenvalue weighted by atomic mass is 9.99. The number of nitrogens with one attached hydrogen (secondary N) is 2. The number of hydrogen-bond acceptors (Lipinski definition) is 6.